The topological polar surface area (TPSA) is 251 Å². The van der Waals surface area contributed by atoms with Crippen LogP contribution in [0, 0.1) is 5.92 Å². The summed E-state index contributed by atoms with van der Waals surface area (Å²) in [6, 6.07) is -4.92. The van der Waals surface area contributed by atoms with Crippen molar-refractivity contribution in [2.75, 3.05) is 0 Å². The zero-order valence-electron chi connectivity index (χ0n) is 20.6. The predicted molar refractivity (Wildman–Crippen MR) is 129 cm³/mol. The van der Waals surface area contributed by atoms with Gasteiger partial charge in [-0.05, 0) is 5.92 Å². The van der Waals surface area contributed by atoms with Crippen molar-refractivity contribution in [3.63, 3.8) is 0 Å². The highest BCUT2D eigenvalue weighted by molar-refractivity contribution is 5.96. The van der Waals surface area contributed by atoms with Gasteiger partial charge >= 0.3 is 5.97 Å². The van der Waals surface area contributed by atoms with Crippen molar-refractivity contribution in [3.8, 4) is 0 Å². The lowest BCUT2D eigenvalue weighted by Crippen LogP contribution is -2.59. The molecule has 2 heterocycles. The number of nitrogens with one attached hydrogen (secondary N) is 5. The Bertz CT molecular complexity index is 1060. The molecule has 2 aromatic heterocycles. The number of carboxylic acids is 1. The lowest BCUT2D eigenvalue weighted by Gasteiger charge is -2.27. The van der Waals surface area contributed by atoms with Gasteiger partial charge in [0, 0.05) is 36.6 Å². The zero-order valence-corrected chi connectivity index (χ0v) is 20.6. The fourth-order valence-electron chi connectivity index (χ4n) is 3.45. The Labute approximate surface area is 212 Å². The van der Waals surface area contributed by atoms with E-state index in [1.807, 2.05) is 6.92 Å². The van der Waals surface area contributed by atoms with Crippen LogP contribution in [-0.2, 0) is 36.8 Å². The van der Waals surface area contributed by atoms with Crippen LogP contribution in [0.15, 0.2) is 25.0 Å². The van der Waals surface area contributed by atoms with Gasteiger partial charge < -0.3 is 42.5 Å². The Hall–Kier alpha value is -4.27. The first-order valence-electron chi connectivity index (χ1n) is 11.6. The number of aromatic nitrogens is 4. The minimum atomic E-state index is -1.48. The number of aromatic amines is 2. The highest BCUT2D eigenvalue weighted by Gasteiger charge is 2.33. The molecule has 0 bridgehead atoms. The van der Waals surface area contributed by atoms with Crippen molar-refractivity contribution in [1.82, 2.24) is 35.9 Å². The lowest BCUT2D eigenvalue weighted by molar-refractivity contribution is -0.142. The summed E-state index contributed by atoms with van der Waals surface area (Å²) in [5.41, 5.74) is 12.3. The van der Waals surface area contributed by atoms with Crippen LogP contribution in [-0.4, -0.2) is 78.8 Å². The third-order valence-electron chi connectivity index (χ3n) is 5.76. The number of hydrogen-bond acceptors (Lipinski definition) is 8. The molecule has 2 rings (SSSR count). The van der Waals surface area contributed by atoms with E-state index in [0.29, 0.717) is 17.8 Å². The van der Waals surface area contributed by atoms with Crippen molar-refractivity contribution >= 4 is 29.6 Å². The summed E-state index contributed by atoms with van der Waals surface area (Å²) < 4.78 is 0. The van der Waals surface area contributed by atoms with Crippen LogP contribution in [0.1, 0.15) is 38.1 Å². The van der Waals surface area contributed by atoms with Crippen LogP contribution >= 0.6 is 0 Å². The number of aliphatic carboxylic acids is 1. The Morgan fingerprint density at radius 3 is 1.97 bits per heavy atom. The molecule has 2 aromatic rings. The summed E-state index contributed by atoms with van der Waals surface area (Å²) in [6.45, 7) is 3.53. The Morgan fingerprint density at radius 2 is 1.49 bits per heavy atom. The maximum absolute atomic E-state index is 13.1. The van der Waals surface area contributed by atoms with Crippen molar-refractivity contribution < 1.29 is 29.1 Å². The molecule has 0 radical (unpaired) electrons. The molecule has 0 aromatic carbocycles. The van der Waals surface area contributed by atoms with Gasteiger partial charge in [0.15, 0.2) is 0 Å². The summed E-state index contributed by atoms with van der Waals surface area (Å²) in [5.74, 6) is -4.87. The van der Waals surface area contributed by atoms with E-state index in [4.69, 9.17) is 11.5 Å². The van der Waals surface area contributed by atoms with E-state index in [2.05, 4.69) is 35.9 Å². The number of carbonyl (C=O) groups is 5. The molecule has 202 valence electrons. The molecule has 0 spiro atoms. The van der Waals surface area contributed by atoms with E-state index in [1.165, 1.54) is 25.0 Å². The fraction of sp³-hybridized carbons (Fsp3) is 0.500. The molecule has 10 N–H and O–H groups in total. The first-order chi connectivity index (χ1) is 17.5. The molecule has 37 heavy (non-hydrogen) atoms. The molecule has 4 amide bonds. The molecule has 0 aliphatic rings. The van der Waals surface area contributed by atoms with Crippen LogP contribution in [0.4, 0.5) is 0 Å². The van der Waals surface area contributed by atoms with Gasteiger partial charge in [0.05, 0.1) is 25.1 Å². The predicted octanol–water partition coefficient (Wildman–Crippen LogP) is -2.29. The van der Waals surface area contributed by atoms with Gasteiger partial charge in [0.25, 0.3) is 0 Å². The van der Waals surface area contributed by atoms with E-state index in [1.54, 1.807) is 6.92 Å². The van der Waals surface area contributed by atoms with Gasteiger partial charge in [0.1, 0.15) is 18.1 Å². The summed E-state index contributed by atoms with van der Waals surface area (Å²) >= 11 is 0. The van der Waals surface area contributed by atoms with E-state index >= 15 is 0 Å². The largest absolute Gasteiger partial charge is 0.480 e. The number of amides is 4. The minimum absolute atomic E-state index is 0.113. The number of H-pyrrole nitrogens is 2. The van der Waals surface area contributed by atoms with Gasteiger partial charge in [-0.3, -0.25) is 19.2 Å². The fourth-order valence-corrected chi connectivity index (χ4v) is 3.45. The van der Waals surface area contributed by atoms with Crippen molar-refractivity contribution in [2.45, 2.75) is 63.7 Å². The van der Waals surface area contributed by atoms with E-state index < -0.39 is 60.2 Å². The minimum Gasteiger partial charge on any atom is -0.480 e. The van der Waals surface area contributed by atoms with Crippen LogP contribution in [0.3, 0.4) is 0 Å². The molecular weight excluding hydrogens is 486 g/mol. The maximum atomic E-state index is 13.1. The summed E-state index contributed by atoms with van der Waals surface area (Å²) in [6.07, 6.45) is 5.68. The number of primary amides is 1. The third-order valence-corrected chi connectivity index (χ3v) is 5.76. The summed E-state index contributed by atoms with van der Waals surface area (Å²) in [5, 5.41) is 16.8. The molecule has 5 atom stereocenters. The van der Waals surface area contributed by atoms with E-state index in [9.17, 15) is 29.1 Å². The number of carbonyl (C=O) groups excluding carboxylic acids is 4. The highest BCUT2D eigenvalue weighted by atomic mass is 16.4. The molecule has 0 saturated heterocycles. The molecule has 0 aliphatic heterocycles. The Kier molecular flexibility index (Phi) is 10.7. The number of hydrogen-bond donors (Lipinski definition) is 8. The SMILES string of the molecule is CCC(C)C(NC(=O)C(N)Cc1cnc[nH]1)C(=O)NC(CC(N)=O)C(=O)NC(Cc1cnc[nH]1)C(=O)O. The van der Waals surface area contributed by atoms with E-state index in [0.717, 1.165) is 0 Å². The molecule has 15 nitrogen and oxygen atoms in total. The first kappa shape index (κ1) is 29.0. The molecule has 0 aliphatic carbocycles. The van der Waals surface area contributed by atoms with Crippen molar-refractivity contribution in [2.24, 2.45) is 17.4 Å². The second-order valence-electron chi connectivity index (χ2n) is 8.67. The summed E-state index contributed by atoms with van der Waals surface area (Å²) in [7, 11) is 0. The average Bonchev–Trinajstić information content (AvgIpc) is 3.54. The molecule has 0 saturated carbocycles. The van der Waals surface area contributed by atoms with Crippen molar-refractivity contribution in [1.29, 1.82) is 0 Å². The second kappa shape index (κ2) is 13.7. The van der Waals surface area contributed by atoms with Gasteiger partial charge in [-0.15, -0.1) is 0 Å². The van der Waals surface area contributed by atoms with Gasteiger partial charge in [-0.25, -0.2) is 14.8 Å². The molecule has 0 fully saturated rings. The molecule has 5 unspecified atom stereocenters. The average molecular weight is 520 g/mol. The van der Waals surface area contributed by atoms with Crippen LogP contribution in [0.25, 0.3) is 0 Å². The number of imidazole rings is 2. The highest BCUT2D eigenvalue weighted by Crippen LogP contribution is 2.10. The number of rotatable bonds is 15. The zero-order chi connectivity index (χ0) is 27.5. The smallest absolute Gasteiger partial charge is 0.326 e. The molecule has 15 heteroatoms. The van der Waals surface area contributed by atoms with Crippen molar-refractivity contribution in [3.05, 3.63) is 36.4 Å². The molecular formula is C22H33N9O6. The number of carboxylic acid groups (broad SMARTS) is 1. The lowest BCUT2D eigenvalue weighted by atomic mass is 9.97. The summed E-state index contributed by atoms with van der Waals surface area (Å²) in [4.78, 5) is 75.3. The van der Waals surface area contributed by atoms with Crippen LogP contribution < -0.4 is 27.4 Å². The van der Waals surface area contributed by atoms with Gasteiger partial charge in [-0.1, -0.05) is 20.3 Å². The van der Waals surface area contributed by atoms with Gasteiger partial charge in [-0.2, -0.15) is 0 Å². The quantitative estimate of drug-likeness (QED) is 0.126. The Morgan fingerprint density at radius 1 is 0.919 bits per heavy atom. The Balaban J connectivity index is 2.12. The van der Waals surface area contributed by atoms with E-state index in [-0.39, 0.29) is 18.8 Å². The maximum Gasteiger partial charge on any atom is 0.326 e. The van der Waals surface area contributed by atoms with Crippen LogP contribution in [0.2, 0.25) is 0 Å². The monoisotopic (exact) mass is 519 g/mol. The first-order valence-corrected chi connectivity index (χ1v) is 11.6. The van der Waals surface area contributed by atoms with Gasteiger partial charge in [0.2, 0.25) is 23.6 Å². The number of nitrogens with two attached hydrogens (primary N) is 2. The standard InChI is InChI=1S/C22H33N9O6/c1-3-11(2)18(31-19(33)14(23)4-12-7-25-9-27-12)21(35)29-15(6-17(24)32)20(34)30-16(22(36)37)5-13-8-26-10-28-13/h7-11,14-16,18H,3-6,23H2,1-2H3,(H2,24,32)(H,25,27)(H,26,28)(H,29,35)(H,30,34)(H,31,33)(H,36,37). The second-order valence-corrected chi connectivity index (χ2v) is 8.67. The number of nitrogens with zero attached hydrogens (tertiary/aromatic N) is 2. The normalized spacial score (nSPS) is 15.0. The third kappa shape index (κ3) is 9.03. The van der Waals surface area contributed by atoms with Crippen LogP contribution in [0.5, 0.6) is 0 Å².